The molecule has 1 aliphatic heterocycles. The maximum absolute atomic E-state index is 12.7. The Bertz CT molecular complexity index is 1110. The Morgan fingerprint density at radius 1 is 1.18 bits per heavy atom. The van der Waals surface area contributed by atoms with Crippen molar-refractivity contribution in [1.82, 2.24) is 9.97 Å². The molecule has 2 aromatic heterocycles. The molecule has 1 aromatic carbocycles. The summed E-state index contributed by atoms with van der Waals surface area (Å²) in [5.41, 5.74) is 1.35. The van der Waals surface area contributed by atoms with Crippen molar-refractivity contribution >= 4 is 39.4 Å². The molecular formula is C21H21F3N4O3S2. The molecule has 0 radical (unpaired) electrons. The highest BCUT2D eigenvalue weighted by Crippen LogP contribution is 2.35. The van der Waals surface area contributed by atoms with Crippen molar-refractivity contribution in [1.29, 1.82) is 0 Å². The summed E-state index contributed by atoms with van der Waals surface area (Å²) in [5.74, 6) is -0.482. The number of rotatable bonds is 8. The van der Waals surface area contributed by atoms with Crippen LogP contribution in [0.15, 0.2) is 29.6 Å². The van der Waals surface area contributed by atoms with Crippen LogP contribution < -0.4 is 10.2 Å². The van der Waals surface area contributed by atoms with Crippen molar-refractivity contribution in [3.05, 3.63) is 45.9 Å². The molecule has 0 atom stereocenters. The molecule has 3 N–H and O–H groups in total. The van der Waals surface area contributed by atoms with E-state index >= 15 is 0 Å². The largest absolute Gasteiger partial charge is 0.416 e. The molecule has 12 heteroatoms. The number of carbonyl (C=O) groups is 1. The van der Waals surface area contributed by atoms with E-state index in [4.69, 9.17) is 5.11 Å². The first kappa shape index (κ1) is 23.6. The van der Waals surface area contributed by atoms with E-state index in [1.165, 1.54) is 34.8 Å². The lowest BCUT2D eigenvalue weighted by molar-refractivity contribution is -0.137. The summed E-state index contributed by atoms with van der Waals surface area (Å²) < 4.78 is 38.1. The predicted molar refractivity (Wildman–Crippen MR) is 120 cm³/mol. The first-order chi connectivity index (χ1) is 15.8. The van der Waals surface area contributed by atoms with Crippen molar-refractivity contribution in [2.75, 3.05) is 29.9 Å². The van der Waals surface area contributed by atoms with E-state index in [1.54, 1.807) is 0 Å². The molecule has 0 saturated carbocycles. The number of aliphatic hydroxyl groups is 2. The molecule has 0 spiro atoms. The second-order valence-electron chi connectivity index (χ2n) is 7.54. The van der Waals surface area contributed by atoms with Crippen LogP contribution in [0.5, 0.6) is 0 Å². The Balaban J connectivity index is 1.35. The second kappa shape index (κ2) is 9.75. The van der Waals surface area contributed by atoms with Crippen LogP contribution in [0.1, 0.15) is 22.7 Å². The number of nitrogens with one attached hydrogen (secondary N) is 1. The van der Waals surface area contributed by atoms with Gasteiger partial charge >= 0.3 is 6.18 Å². The maximum atomic E-state index is 12.7. The number of aromatic nitrogens is 2. The molecule has 1 saturated heterocycles. The van der Waals surface area contributed by atoms with E-state index in [0.29, 0.717) is 47.5 Å². The SMILES string of the molecule is O=C(Nc1nc(-c2sc(CO)nc2CCCO)cs1)C1CN(c2ccc(C(F)(F)F)cc2)C1. The summed E-state index contributed by atoms with van der Waals surface area (Å²) in [6.07, 6.45) is -3.27. The van der Waals surface area contributed by atoms with Crippen molar-refractivity contribution in [3.63, 3.8) is 0 Å². The predicted octanol–water partition coefficient (Wildman–Crippen LogP) is 3.78. The summed E-state index contributed by atoms with van der Waals surface area (Å²) >= 11 is 2.61. The Hall–Kier alpha value is -2.54. The van der Waals surface area contributed by atoms with Crippen LogP contribution in [-0.4, -0.2) is 45.8 Å². The van der Waals surface area contributed by atoms with Crippen LogP contribution in [0.2, 0.25) is 0 Å². The lowest BCUT2D eigenvalue weighted by Crippen LogP contribution is -2.52. The number of aryl methyl sites for hydroxylation is 1. The summed E-state index contributed by atoms with van der Waals surface area (Å²) in [6.45, 7) is 0.682. The molecule has 1 fully saturated rings. The van der Waals surface area contributed by atoms with Crippen LogP contribution in [0.25, 0.3) is 10.6 Å². The molecule has 0 aliphatic carbocycles. The molecule has 3 aromatic rings. The third kappa shape index (κ3) is 5.35. The summed E-state index contributed by atoms with van der Waals surface area (Å²) in [6, 6.07) is 4.90. The fourth-order valence-electron chi connectivity index (χ4n) is 3.44. The number of hydrogen-bond donors (Lipinski definition) is 3. The zero-order valence-electron chi connectivity index (χ0n) is 17.3. The minimum absolute atomic E-state index is 0.0364. The number of thiazole rings is 2. The lowest BCUT2D eigenvalue weighted by Gasteiger charge is -2.40. The van der Waals surface area contributed by atoms with Crippen molar-refractivity contribution in [2.45, 2.75) is 25.6 Å². The topological polar surface area (TPSA) is 98.6 Å². The molecular weight excluding hydrogens is 477 g/mol. The van der Waals surface area contributed by atoms with Gasteiger partial charge in [0.2, 0.25) is 5.91 Å². The average Bonchev–Trinajstić information content (AvgIpc) is 3.37. The molecule has 3 heterocycles. The van der Waals surface area contributed by atoms with Gasteiger partial charge in [-0.05, 0) is 37.1 Å². The van der Waals surface area contributed by atoms with E-state index in [1.807, 2.05) is 10.3 Å². The minimum Gasteiger partial charge on any atom is -0.396 e. The van der Waals surface area contributed by atoms with E-state index < -0.39 is 11.7 Å². The van der Waals surface area contributed by atoms with Crippen molar-refractivity contribution in [2.24, 2.45) is 5.92 Å². The van der Waals surface area contributed by atoms with Gasteiger partial charge in [-0.1, -0.05) is 0 Å². The fourth-order valence-corrected chi connectivity index (χ4v) is 5.15. The zero-order valence-corrected chi connectivity index (χ0v) is 18.9. The van der Waals surface area contributed by atoms with E-state index in [-0.39, 0.29) is 25.0 Å². The third-order valence-electron chi connectivity index (χ3n) is 5.23. The molecule has 33 heavy (non-hydrogen) atoms. The normalized spacial score (nSPS) is 14.4. The van der Waals surface area contributed by atoms with Gasteiger partial charge in [-0.15, -0.1) is 22.7 Å². The molecule has 1 aliphatic rings. The van der Waals surface area contributed by atoms with Crippen LogP contribution >= 0.6 is 22.7 Å². The van der Waals surface area contributed by atoms with Gasteiger partial charge < -0.3 is 20.4 Å². The summed E-state index contributed by atoms with van der Waals surface area (Å²) in [7, 11) is 0. The first-order valence-electron chi connectivity index (χ1n) is 10.2. The second-order valence-corrected chi connectivity index (χ2v) is 9.48. The van der Waals surface area contributed by atoms with Crippen molar-refractivity contribution < 1.29 is 28.2 Å². The van der Waals surface area contributed by atoms with Gasteiger partial charge in [0.1, 0.15) is 5.01 Å². The Labute approximate surface area is 195 Å². The number of halogens is 3. The van der Waals surface area contributed by atoms with Gasteiger partial charge in [-0.3, -0.25) is 4.79 Å². The van der Waals surface area contributed by atoms with Gasteiger partial charge in [0.25, 0.3) is 0 Å². The highest BCUT2D eigenvalue weighted by molar-refractivity contribution is 7.17. The molecule has 0 bridgehead atoms. The number of anilines is 2. The van der Waals surface area contributed by atoms with Gasteiger partial charge in [0.15, 0.2) is 5.13 Å². The van der Waals surface area contributed by atoms with Gasteiger partial charge in [0.05, 0.1) is 34.4 Å². The zero-order chi connectivity index (χ0) is 23.6. The highest BCUT2D eigenvalue weighted by Gasteiger charge is 2.34. The van der Waals surface area contributed by atoms with Crippen molar-refractivity contribution in [3.8, 4) is 10.6 Å². The average molecular weight is 499 g/mol. The maximum Gasteiger partial charge on any atom is 0.416 e. The number of nitrogens with zero attached hydrogens (tertiary/aromatic N) is 3. The van der Waals surface area contributed by atoms with Crippen LogP contribution in [0.3, 0.4) is 0 Å². The molecule has 7 nitrogen and oxygen atoms in total. The van der Waals surface area contributed by atoms with Crippen LogP contribution in [0, 0.1) is 5.92 Å². The Morgan fingerprint density at radius 2 is 1.91 bits per heavy atom. The van der Waals surface area contributed by atoms with Crippen LogP contribution in [-0.2, 0) is 24.0 Å². The number of hydrogen-bond acceptors (Lipinski definition) is 8. The van der Waals surface area contributed by atoms with Gasteiger partial charge in [-0.2, -0.15) is 13.2 Å². The minimum atomic E-state index is -4.37. The quantitative estimate of drug-likeness (QED) is 0.437. The monoisotopic (exact) mass is 498 g/mol. The number of carbonyl (C=O) groups excluding carboxylic acids is 1. The van der Waals surface area contributed by atoms with E-state index in [2.05, 4.69) is 15.3 Å². The number of benzene rings is 1. The highest BCUT2D eigenvalue weighted by atomic mass is 32.1. The Morgan fingerprint density at radius 3 is 2.55 bits per heavy atom. The standard InChI is InChI=1S/C21H21F3N4O3S2/c22-21(23,24)13-3-5-14(6-4-13)28-8-12(9-28)19(31)27-20-26-16(11-32-20)18-15(2-1-7-29)25-17(10-30)33-18/h3-6,11-12,29-30H,1-2,7-10H2,(H,26,27,31). The molecule has 0 unspecified atom stereocenters. The number of aliphatic hydroxyl groups excluding tert-OH is 2. The van der Waals surface area contributed by atoms with E-state index in [0.717, 1.165) is 22.7 Å². The fraction of sp³-hybridized carbons (Fsp3) is 0.381. The van der Waals surface area contributed by atoms with Crippen LogP contribution in [0.4, 0.5) is 24.0 Å². The summed E-state index contributed by atoms with van der Waals surface area (Å²) in [5, 5.41) is 24.1. The molecule has 4 rings (SSSR count). The first-order valence-corrected chi connectivity index (χ1v) is 11.9. The van der Waals surface area contributed by atoms with E-state index in [9.17, 15) is 23.1 Å². The van der Waals surface area contributed by atoms with Gasteiger partial charge in [0, 0.05) is 30.8 Å². The molecule has 1 amide bonds. The third-order valence-corrected chi connectivity index (χ3v) is 7.09. The molecule has 176 valence electrons. The smallest absolute Gasteiger partial charge is 0.396 e. The lowest BCUT2D eigenvalue weighted by atomic mass is 9.98. The number of alkyl halides is 3. The summed E-state index contributed by atoms with van der Waals surface area (Å²) in [4.78, 5) is 24.1. The number of amides is 1. The van der Waals surface area contributed by atoms with Gasteiger partial charge in [-0.25, -0.2) is 9.97 Å². The Kier molecular flexibility index (Phi) is 6.98.